The molecule has 26 heavy (non-hydrogen) atoms. The Morgan fingerprint density at radius 2 is 1.88 bits per heavy atom. The highest BCUT2D eigenvalue weighted by molar-refractivity contribution is 6.02. The second-order valence-electron chi connectivity index (χ2n) is 6.90. The molecule has 3 rings (SSSR count). The second-order valence-corrected chi connectivity index (χ2v) is 6.90. The lowest BCUT2D eigenvalue weighted by Crippen LogP contribution is -2.38. The molecule has 0 radical (unpaired) electrons. The summed E-state index contributed by atoms with van der Waals surface area (Å²) in [4.78, 5) is 39.5. The first-order valence-electron chi connectivity index (χ1n) is 9.19. The number of carbonyl (C=O) groups excluding carboxylic acids is 2. The fraction of sp³-hybridized carbons (Fsp3) is 0.526. The molecule has 7 nitrogen and oxygen atoms in total. The summed E-state index contributed by atoms with van der Waals surface area (Å²) in [7, 11) is 0. The van der Waals surface area contributed by atoms with E-state index in [1.54, 1.807) is 12.1 Å². The third-order valence-electron chi connectivity index (χ3n) is 5.01. The van der Waals surface area contributed by atoms with Crippen molar-refractivity contribution in [2.45, 2.75) is 32.2 Å². The van der Waals surface area contributed by atoms with E-state index in [-0.39, 0.29) is 24.8 Å². The molecule has 2 aliphatic heterocycles. The number of aliphatic carboxylic acids is 1. The normalized spacial score (nSPS) is 17.2. The van der Waals surface area contributed by atoms with Crippen molar-refractivity contribution in [1.82, 2.24) is 15.1 Å². The molecule has 0 spiro atoms. The number of benzene rings is 1. The first kappa shape index (κ1) is 18.4. The van der Waals surface area contributed by atoms with Gasteiger partial charge in [0, 0.05) is 37.3 Å². The number of piperidine rings is 1. The average Bonchev–Trinajstić information content (AvgIpc) is 2.96. The summed E-state index contributed by atoms with van der Waals surface area (Å²) >= 11 is 0. The summed E-state index contributed by atoms with van der Waals surface area (Å²) in [5, 5.41) is 11.2. The summed E-state index contributed by atoms with van der Waals surface area (Å²) in [6.07, 6.45) is 3.63. The van der Waals surface area contributed by atoms with Crippen LogP contribution in [0.25, 0.3) is 0 Å². The SMILES string of the molecule is O=C(O)CCNC(=O)c1ccc2c(c1)C(=O)N(CCN1CCCCC1)C2. The van der Waals surface area contributed by atoms with Crippen LogP contribution in [0.2, 0.25) is 0 Å². The van der Waals surface area contributed by atoms with Crippen LogP contribution in [-0.4, -0.2) is 65.4 Å². The van der Waals surface area contributed by atoms with Crippen LogP contribution in [0.3, 0.4) is 0 Å². The van der Waals surface area contributed by atoms with E-state index in [2.05, 4.69) is 10.2 Å². The number of fused-ring (bicyclic) bond motifs is 1. The van der Waals surface area contributed by atoms with Gasteiger partial charge in [0.15, 0.2) is 0 Å². The van der Waals surface area contributed by atoms with Gasteiger partial charge in [-0.25, -0.2) is 0 Å². The van der Waals surface area contributed by atoms with Crippen molar-refractivity contribution in [3.63, 3.8) is 0 Å². The van der Waals surface area contributed by atoms with Gasteiger partial charge in [0.1, 0.15) is 0 Å². The molecule has 2 aliphatic rings. The zero-order chi connectivity index (χ0) is 18.5. The summed E-state index contributed by atoms with van der Waals surface area (Å²) < 4.78 is 0. The molecular formula is C19H25N3O4. The number of nitrogens with one attached hydrogen (secondary N) is 1. The monoisotopic (exact) mass is 359 g/mol. The zero-order valence-electron chi connectivity index (χ0n) is 14.9. The molecule has 1 saturated heterocycles. The van der Waals surface area contributed by atoms with Gasteiger partial charge in [0.2, 0.25) is 0 Å². The number of hydrogen-bond acceptors (Lipinski definition) is 4. The molecule has 0 unspecified atom stereocenters. The van der Waals surface area contributed by atoms with Crippen molar-refractivity contribution in [2.75, 3.05) is 32.7 Å². The van der Waals surface area contributed by atoms with Crippen LogP contribution in [0.4, 0.5) is 0 Å². The van der Waals surface area contributed by atoms with Crippen LogP contribution in [0.1, 0.15) is 52.0 Å². The van der Waals surface area contributed by atoms with Crippen LogP contribution in [-0.2, 0) is 11.3 Å². The summed E-state index contributed by atoms with van der Waals surface area (Å²) in [6.45, 7) is 4.46. The Morgan fingerprint density at radius 1 is 1.12 bits per heavy atom. The van der Waals surface area contributed by atoms with Gasteiger partial charge < -0.3 is 20.2 Å². The van der Waals surface area contributed by atoms with Crippen molar-refractivity contribution < 1.29 is 19.5 Å². The molecule has 2 heterocycles. The smallest absolute Gasteiger partial charge is 0.305 e. The molecule has 0 aromatic heterocycles. The predicted octanol–water partition coefficient (Wildman–Crippen LogP) is 1.33. The molecule has 2 N–H and O–H groups in total. The van der Waals surface area contributed by atoms with Crippen LogP contribution in [0.15, 0.2) is 18.2 Å². The Labute approximate surface area is 153 Å². The minimum absolute atomic E-state index is 0.0304. The lowest BCUT2D eigenvalue weighted by molar-refractivity contribution is -0.136. The first-order chi connectivity index (χ1) is 12.5. The number of rotatable bonds is 7. The van der Waals surface area contributed by atoms with Crippen LogP contribution in [0.5, 0.6) is 0 Å². The third kappa shape index (κ3) is 4.40. The molecule has 0 saturated carbocycles. The fourth-order valence-corrected chi connectivity index (χ4v) is 3.51. The molecule has 0 aliphatic carbocycles. The van der Waals surface area contributed by atoms with E-state index in [0.717, 1.165) is 25.2 Å². The van der Waals surface area contributed by atoms with Gasteiger partial charge in [-0.3, -0.25) is 14.4 Å². The largest absolute Gasteiger partial charge is 0.481 e. The van der Waals surface area contributed by atoms with Gasteiger partial charge in [-0.2, -0.15) is 0 Å². The van der Waals surface area contributed by atoms with Crippen molar-refractivity contribution >= 4 is 17.8 Å². The Morgan fingerprint density at radius 3 is 2.62 bits per heavy atom. The summed E-state index contributed by atoms with van der Waals surface area (Å²) in [5.41, 5.74) is 1.91. The maximum absolute atomic E-state index is 12.6. The van der Waals surface area contributed by atoms with E-state index in [0.29, 0.717) is 24.2 Å². The van der Waals surface area contributed by atoms with E-state index in [1.807, 2.05) is 11.0 Å². The molecule has 2 amide bonds. The number of hydrogen-bond donors (Lipinski definition) is 2. The molecular weight excluding hydrogens is 334 g/mol. The number of carbonyl (C=O) groups is 3. The van der Waals surface area contributed by atoms with E-state index in [9.17, 15) is 14.4 Å². The van der Waals surface area contributed by atoms with Gasteiger partial charge in [-0.15, -0.1) is 0 Å². The van der Waals surface area contributed by atoms with Gasteiger partial charge in [0.05, 0.1) is 6.42 Å². The van der Waals surface area contributed by atoms with E-state index in [4.69, 9.17) is 5.11 Å². The van der Waals surface area contributed by atoms with E-state index < -0.39 is 5.97 Å². The van der Waals surface area contributed by atoms with Crippen molar-refractivity contribution in [3.8, 4) is 0 Å². The topological polar surface area (TPSA) is 89.9 Å². The molecule has 1 aromatic rings. The lowest BCUT2D eigenvalue weighted by Gasteiger charge is -2.28. The summed E-state index contributed by atoms with van der Waals surface area (Å²) in [5.74, 6) is -1.34. The Kier molecular flexibility index (Phi) is 5.88. The number of carboxylic acids is 1. The van der Waals surface area contributed by atoms with Crippen molar-refractivity contribution in [3.05, 3.63) is 34.9 Å². The van der Waals surface area contributed by atoms with Crippen molar-refractivity contribution in [1.29, 1.82) is 0 Å². The molecule has 140 valence electrons. The van der Waals surface area contributed by atoms with Crippen LogP contribution in [0, 0.1) is 0 Å². The van der Waals surface area contributed by atoms with Crippen LogP contribution < -0.4 is 5.32 Å². The number of carboxylic acid groups (broad SMARTS) is 1. The zero-order valence-corrected chi connectivity index (χ0v) is 14.9. The highest BCUT2D eigenvalue weighted by Crippen LogP contribution is 2.24. The number of amides is 2. The fourth-order valence-electron chi connectivity index (χ4n) is 3.51. The highest BCUT2D eigenvalue weighted by atomic mass is 16.4. The molecule has 1 fully saturated rings. The minimum Gasteiger partial charge on any atom is -0.481 e. The lowest BCUT2D eigenvalue weighted by atomic mass is 10.1. The second kappa shape index (κ2) is 8.31. The first-order valence-corrected chi connectivity index (χ1v) is 9.19. The van der Waals surface area contributed by atoms with Gasteiger partial charge in [-0.05, 0) is 43.6 Å². The number of likely N-dealkylation sites (tertiary alicyclic amines) is 1. The van der Waals surface area contributed by atoms with E-state index >= 15 is 0 Å². The maximum Gasteiger partial charge on any atom is 0.305 e. The van der Waals surface area contributed by atoms with Crippen LogP contribution >= 0.6 is 0 Å². The van der Waals surface area contributed by atoms with Crippen molar-refractivity contribution in [2.24, 2.45) is 0 Å². The standard InChI is InChI=1S/C19H25N3O4/c23-17(24)6-7-20-18(25)14-4-5-15-13-22(19(26)16(15)12-14)11-10-21-8-2-1-3-9-21/h4-5,12H,1-3,6-11,13H2,(H,20,25)(H,23,24). The Bertz CT molecular complexity index is 698. The third-order valence-corrected chi connectivity index (χ3v) is 5.01. The van der Waals surface area contributed by atoms with Gasteiger partial charge in [0.25, 0.3) is 11.8 Å². The van der Waals surface area contributed by atoms with Gasteiger partial charge >= 0.3 is 5.97 Å². The predicted molar refractivity (Wildman–Crippen MR) is 96.1 cm³/mol. The molecule has 7 heteroatoms. The number of nitrogens with zero attached hydrogens (tertiary/aromatic N) is 2. The Hall–Kier alpha value is -2.41. The molecule has 0 atom stereocenters. The van der Waals surface area contributed by atoms with Gasteiger partial charge in [-0.1, -0.05) is 12.5 Å². The minimum atomic E-state index is -0.959. The van der Waals surface area contributed by atoms with E-state index in [1.165, 1.54) is 19.3 Å². The molecule has 0 bridgehead atoms. The highest BCUT2D eigenvalue weighted by Gasteiger charge is 2.28. The summed E-state index contributed by atoms with van der Waals surface area (Å²) in [6, 6.07) is 5.13. The maximum atomic E-state index is 12.6. The average molecular weight is 359 g/mol. The quantitative estimate of drug-likeness (QED) is 0.767. The Balaban J connectivity index is 1.57. The molecule has 1 aromatic carbocycles.